The Morgan fingerprint density at radius 1 is 1.24 bits per heavy atom. The Labute approximate surface area is 148 Å². The predicted octanol–water partition coefficient (Wildman–Crippen LogP) is 0.848. The Bertz CT molecular complexity index is 725. The number of aliphatic hydroxyl groups is 1. The first-order valence-corrected chi connectivity index (χ1v) is 9.79. The van der Waals surface area contributed by atoms with E-state index in [1.54, 1.807) is 0 Å². The number of nitrogens with one attached hydrogen (secondary N) is 1. The molecule has 0 aromatic heterocycles. The van der Waals surface area contributed by atoms with Crippen LogP contribution in [0.4, 0.5) is 0 Å². The average molecular weight is 365 g/mol. The van der Waals surface area contributed by atoms with E-state index in [-0.39, 0.29) is 36.3 Å². The van der Waals surface area contributed by atoms with Gasteiger partial charge in [-0.3, -0.25) is 4.79 Å². The van der Waals surface area contributed by atoms with Gasteiger partial charge in [-0.15, -0.1) is 0 Å². The van der Waals surface area contributed by atoms with Crippen molar-refractivity contribution >= 4 is 15.9 Å². The van der Waals surface area contributed by atoms with Crippen LogP contribution in [0.3, 0.4) is 0 Å². The number of benzene rings is 1. The molecule has 8 heteroatoms. The van der Waals surface area contributed by atoms with Gasteiger partial charge in [-0.1, -0.05) is 0 Å². The molecular weight excluding hydrogens is 342 g/mol. The van der Waals surface area contributed by atoms with Crippen molar-refractivity contribution < 1.29 is 18.3 Å². The minimum Gasteiger partial charge on any atom is -0.396 e. The van der Waals surface area contributed by atoms with Crippen LogP contribution in [-0.4, -0.2) is 50.0 Å². The summed E-state index contributed by atoms with van der Waals surface area (Å²) in [4.78, 5) is 12.0. The van der Waals surface area contributed by atoms with Crippen LogP contribution in [0.1, 0.15) is 31.2 Å². The van der Waals surface area contributed by atoms with Crippen LogP contribution in [0.5, 0.6) is 0 Å². The fraction of sp³-hybridized carbons (Fsp3) is 0.529. The maximum Gasteiger partial charge on any atom is 0.243 e. The molecule has 1 amide bonds. The maximum atomic E-state index is 12.9. The van der Waals surface area contributed by atoms with Crippen molar-refractivity contribution in [3.8, 4) is 6.07 Å². The first-order chi connectivity index (χ1) is 12.0. The van der Waals surface area contributed by atoms with Crippen molar-refractivity contribution in [3.63, 3.8) is 0 Å². The van der Waals surface area contributed by atoms with Gasteiger partial charge in [-0.2, -0.15) is 9.57 Å². The van der Waals surface area contributed by atoms with Gasteiger partial charge < -0.3 is 10.4 Å². The lowest BCUT2D eigenvalue weighted by molar-refractivity contribution is -0.121. The number of carbonyl (C=O) groups is 1. The highest BCUT2D eigenvalue weighted by Gasteiger charge is 2.25. The fourth-order valence-corrected chi connectivity index (χ4v) is 4.30. The molecular formula is C17H23N3O4S. The lowest BCUT2D eigenvalue weighted by Gasteiger charge is -2.22. The summed E-state index contributed by atoms with van der Waals surface area (Å²) < 4.78 is 27.0. The van der Waals surface area contributed by atoms with Crippen LogP contribution in [0, 0.1) is 17.2 Å². The molecule has 1 heterocycles. The fourth-order valence-electron chi connectivity index (χ4n) is 2.82. The molecule has 0 saturated carbocycles. The van der Waals surface area contributed by atoms with E-state index >= 15 is 0 Å². The van der Waals surface area contributed by atoms with Crippen molar-refractivity contribution in [1.82, 2.24) is 9.62 Å². The monoisotopic (exact) mass is 365 g/mol. The number of hydrogen-bond acceptors (Lipinski definition) is 5. The van der Waals surface area contributed by atoms with Crippen LogP contribution in [0.15, 0.2) is 29.2 Å². The summed E-state index contributed by atoms with van der Waals surface area (Å²) in [5, 5.41) is 21.0. The summed E-state index contributed by atoms with van der Waals surface area (Å²) in [5.41, 5.74) is 0.390. The topological polar surface area (TPSA) is 110 Å². The smallest absolute Gasteiger partial charge is 0.243 e. The molecule has 0 bridgehead atoms. The van der Waals surface area contributed by atoms with E-state index in [2.05, 4.69) is 5.32 Å². The SMILES string of the molecule is N#Cc1ccc(S(=O)(=O)N2CCCC(CO)CCNC(=O)CC2)cc1. The Balaban J connectivity index is 2.19. The molecule has 2 rings (SSSR count). The second kappa shape index (κ2) is 8.94. The van der Waals surface area contributed by atoms with Gasteiger partial charge in [-0.05, 0) is 49.4 Å². The maximum absolute atomic E-state index is 12.9. The molecule has 1 fully saturated rings. The number of nitrogens with zero attached hydrogens (tertiary/aromatic N) is 2. The highest BCUT2D eigenvalue weighted by molar-refractivity contribution is 7.89. The first kappa shape index (κ1) is 19.4. The van der Waals surface area contributed by atoms with E-state index in [9.17, 15) is 18.3 Å². The quantitative estimate of drug-likeness (QED) is 0.825. The van der Waals surface area contributed by atoms with Crippen LogP contribution >= 0.6 is 0 Å². The molecule has 1 aliphatic rings. The Morgan fingerprint density at radius 3 is 2.60 bits per heavy atom. The van der Waals surface area contributed by atoms with Gasteiger partial charge in [0.25, 0.3) is 0 Å². The van der Waals surface area contributed by atoms with E-state index in [1.807, 2.05) is 6.07 Å². The van der Waals surface area contributed by atoms with E-state index in [0.717, 1.165) is 0 Å². The third-order valence-corrected chi connectivity index (χ3v) is 6.28. The normalized spacial score (nSPS) is 21.0. The van der Waals surface area contributed by atoms with Crippen LogP contribution < -0.4 is 5.32 Å². The third-order valence-electron chi connectivity index (χ3n) is 4.36. The zero-order valence-corrected chi connectivity index (χ0v) is 14.8. The van der Waals surface area contributed by atoms with Gasteiger partial charge in [0.05, 0.1) is 16.5 Å². The second-order valence-electron chi connectivity index (χ2n) is 6.12. The number of carbonyl (C=O) groups excluding carboxylic acids is 1. The molecule has 1 atom stereocenters. The van der Waals surface area contributed by atoms with Crippen molar-refractivity contribution in [2.45, 2.75) is 30.6 Å². The summed E-state index contributed by atoms with van der Waals surface area (Å²) in [6.45, 7) is 0.925. The van der Waals surface area contributed by atoms with Crippen LogP contribution in [-0.2, 0) is 14.8 Å². The minimum atomic E-state index is -3.73. The Hall–Kier alpha value is -1.95. The molecule has 0 radical (unpaired) electrons. The Morgan fingerprint density at radius 2 is 1.96 bits per heavy atom. The minimum absolute atomic E-state index is 0.0260. The van der Waals surface area contributed by atoms with E-state index in [1.165, 1.54) is 28.6 Å². The zero-order chi connectivity index (χ0) is 18.3. The summed E-state index contributed by atoms with van der Waals surface area (Å²) in [6.07, 6.45) is 2.10. The first-order valence-electron chi connectivity index (χ1n) is 8.35. The number of nitriles is 1. The van der Waals surface area contributed by atoms with Gasteiger partial charge in [0.2, 0.25) is 15.9 Å². The van der Waals surface area contributed by atoms with E-state index in [0.29, 0.717) is 37.9 Å². The highest BCUT2D eigenvalue weighted by atomic mass is 32.2. The molecule has 0 aliphatic carbocycles. The van der Waals surface area contributed by atoms with E-state index < -0.39 is 10.0 Å². The molecule has 1 aromatic rings. The van der Waals surface area contributed by atoms with Gasteiger partial charge in [0, 0.05) is 32.7 Å². The van der Waals surface area contributed by atoms with Crippen molar-refractivity contribution in [3.05, 3.63) is 29.8 Å². The molecule has 1 saturated heterocycles. The second-order valence-corrected chi connectivity index (χ2v) is 8.06. The standard InChI is InChI=1S/C17H23N3O4S/c18-12-14-3-5-16(6-4-14)25(23,24)20-10-1-2-15(13-21)7-9-19-17(22)8-11-20/h3-6,15,21H,1-2,7-11,13H2,(H,19,22). The van der Waals surface area contributed by atoms with Gasteiger partial charge >= 0.3 is 0 Å². The summed E-state index contributed by atoms with van der Waals surface area (Å²) in [6, 6.07) is 7.71. The molecule has 1 unspecified atom stereocenters. The van der Waals surface area contributed by atoms with Crippen LogP contribution in [0.25, 0.3) is 0 Å². The molecule has 1 aliphatic heterocycles. The Kier molecular flexibility index (Phi) is 6.93. The van der Waals surface area contributed by atoms with Crippen LogP contribution in [0.2, 0.25) is 0 Å². The van der Waals surface area contributed by atoms with E-state index in [4.69, 9.17) is 5.26 Å². The van der Waals surface area contributed by atoms with Crippen molar-refractivity contribution in [1.29, 1.82) is 5.26 Å². The predicted molar refractivity (Wildman–Crippen MR) is 92.0 cm³/mol. The molecule has 2 N–H and O–H groups in total. The number of amides is 1. The molecule has 25 heavy (non-hydrogen) atoms. The molecule has 7 nitrogen and oxygen atoms in total. The summed E-state index contributed by atoms with van der Waals surface area (Å²) in [7, 11) is -3.73. The number of rotatable bonds is 3. The molecule has 1 aromatic carbocycles. The van der Waals surface area contributed by atoms with Gasteiger partial charge in [-0.25, -0.2) is 8.42 Å². The summed E-state index contributed by atoms with van der Waals surface area (Å²) >= 11 is 0. The lowest BCUT2D eigenvalue weighted by Crippen LogP contribution is -2.35. The largest absolute Gasteiger partial charge is 0.396 e. The average Bonchev–Trinajstić information content (AvgIpc) is 2.66. The summed E-state index contributed by atoms with van der Waals surface area (Å²) in [5.74, 6) is -0.142. The van der Waals surface area contributed by atoms with Gasteiger partial charge in [0.1, 0.15) is 0 Å². The molecule has 0 spiro atoms. The third kappa shape index (κ3) is 5.26. The lowest BCUT2D eigenvalue weighted by atomic mass is 10.0. The molecule has 136 valence electrons. The highest BCUT2D eigenvalue weighted by Crippen LogP contribution is 2.19. The zero-order valence-electron chi connectivity index (χ0n) is 14.0. The number of aliphatic hydroxyl groups excluding tert-OH is 1. The van der Waals surface area contributed by atoms with Gasteiger partial charge in [0.15, 0.2) is 0 Å². The van der Waals surface area contributed by atoms with Crippen molar-refractivity contribution in [2.24, 2.45) is 5.92 Å². The number of sulfonamides is 1. The van der Waals surface area contributed by atoms with Crippen molar-refractivity contribution in [2.75, 3.05) is 26.2 Å². The number of hydrogen-bond donors (Lipinski definition) is 2.